The molecule has 0 amide bonds. The first-order valence-electron chi connectivity index (χ1n) is 8.18. The van der Waals surface area contributed by atoms with Gasteiger partial charge in [-0.2, -0.15) is 9.50 Å². The van der Waals surface area contributed by atoms with Crippen molar-refractivity contribution in [2.45, 2.75) is 17.2 Å². The Kier molecular flexibility index (Phi) is 4.72. The summed E-state index contributed by atoms with van der Waals surface area (Å²) in [7, 11) is 0. The Morgan fingerprint density at radius 1 is 1.04 bits per heavy atom. The van der Waals surface area contributed by atoms with Gasteiger partial charge in [-0.05, 0) is 11.6 Å². The summed E-state index contributed by atoms with van der Waals surface area (Å²) in [5.74, 6) is -0.755. The molecule has 0 radical (unpaired) electrons. The van der Waals surface area contributed by atoms with Gasteiger partial charge < -0.3 is 0 Å². The average Bonchev–Trinajstić information content (AvgIpc) is 3.07. The molecule has 0 atom stereocenters. The second-order valence-corrected chi connectivity index (χ2v) is 6.90. The number of benzene rings is 2. The van der Waals surface area contributed by atoms with Crippen LogP contribution in [0.1, 0.15) is 17.0 Å². The summed E-state index contributed by atoms with van der Waals surface area (Å²) in [4.78, 5) is 21.0. The third-order valence-corrected chi connectivity index (χ3v) is 4.94. The maximum atomic E-state index is 13.8. The lowest BCUT2D eigenvalue weighted by molar-refractivity contribution is 0.502. The van der Waals surface area contributed by atoms with Gasteiger partial charge in [0.1, 0.15) is 10.9 Å². The first-order chi connectivity index (χ1) is 13.1. The zero-order chi connectivity index (χ0) is 18.8. The van der Waals surface area contributed by atoms with Crippen LogP contribution in [-0.2, 0) is 12.2 Å². The highest BCUT2D eigenvalue weighted by Crippen LogP contribution is 2.23. The Balaban J connectivity index is 1.58. The maximum absolute atomic E-state index is 13.8. The van der Waals surface area contributed by atoms with Crippen LogP contribution < -0.4 is 5.56 Å². The summed E-state index contributed by atoms with van der Waals surface area (Å²) >= 11 is 1.15. The van der Waals surface area contributed by atoms with Crippen LogP contribution >= 0.6 is 11.8 Å². The summed E-state index contributed by atoms with van der Waals surface area (Å²) in [6, 6.07) is 15.1. The maximum Gasteiger partial charge on any atom is 0.275 e. The number of aromatic amines is 1. The second-order valence-electron chi connectivity index (χ2n) is 5.90. The summed E-state index contributed by atoms with van der Waals surface area (Å²) in [5, 5.41) is 3.35. The first-order valence-corrected chi connectivity index (χ1v) is 9.17. The van der Waals surface area contributed by atoms with E-state index in [4.69, 9.17) is 0 Å². The fourth-order valence-corrected chi connectivity index (χ4v) is 3.51. The van der Waals surface area contributed by atoms with Crippen molar-refractivity contribution < 1.29 is 8.78 Å². The summed E-state index contributed by atoms with van der Waals surface area (Å²) in [5.41, 5.74) is 0.962. The van der Waals surface area contributed by atoms with E-state index in [1.165, 1.54) is 22.7 Å². The summed E-state index contributed by atoms with van der Waals surface area (Å²) in [6.07, 6.45) is 0.542. The molecule has 0 fully saturated rings. The highest BCUT2D eigenvalue weighted by molar-refractivity contribution is 7.98. The van der Waals surface area contributed by atoms with Crippen LogP contribution in [0.25, 0.3) is 5.78 Å². The lowest BCUT2D eigenvalue weighted by Gasteiger charge is -2.03. The Labute approximate surface area is 157 Å². The molecule has 0 spiro atoms. The van der Waals surface area contributed by atoms with E-state index in [1.807, 2.05) is 30.3 Å². The molecule has 5 nitrogen and oxygen atoms in total. The molecule has 0 saturated heterocycles. The highest BCUT2D eigenvalue weighted by Gasteiger charge is 2.11. The molecule has 0 aliphatic heterocycles. The number of halogens is 2. The van der Waals surface area contributed by atoms with Crippen molar-refractivity contribution in [3.8, 4) is 0 Å². The van der Waals surface area contributed by atoms with E-state index in [2.05, 4.69) is 15.1 Å². The second kappa shape index (κ2) is 7.32. The van der Waals surface area contributed by atoms with E-state index in [0.29, 0.717) is 17.3 Å². The van der Waals surface area contributed by atoms with Crippen molar-refractivity contribution in [3.05, 3.63) is 93.5 Å². The van der Waals surface area contributed by atoms with Crippen LogP contribution in [0.5, 0.6) is 0 Å². The van der Waals surface area contributed by atoms with Crippen LogP contribution in [0, 0.1) is 11.6 Å². The number of hydrogen-bond donors (Lipinski definition) is 1. The minimum atomic E-state index is -0.894. The van der Waals surface area contributed by atoms with Crippen LogP contribution in [-0.4, -0.2) is 19.6 Å². The molecule has 0 aliphatic rings. The van der Waals surface area contributed by atoms with Crippen LogP contribution in [0.3, 0.4) is 0 Å². The van der Waals surface area contributed by atoms with E-state index in [-0.39, 0.29) is 22.7 Å². The van der Waals surface area contributed by atoms with E-state index >= 15 is 0 Å². The van der Waals surface area contributed by atoms with Gasteiger partial charge in [0.2, 0.25) is 0 Å². The molecule has 4 rings (SSSR count). The Bertz CT molecular complexity index is 1160. The predicted molar refractivity (Wildman–Crippen MR) is 98.8 cm³/mol. The molecule has 2 aromatic carbocycles. The molecule has 4 aromatic rings. The van der Waals surface area contributed by atoms with E-state index in [0.717, 1.165) is 23.4 Å². The molecule has 2 aromatic heterocycles. The Hall–Kier alpha value is -3.00. The molecule has 1 N–H and O–H groups in total. The Morgan fingerprint density at radius 2 is 1.85 bits per heavy atom. The van der Waals surface area contributed by atoms with Gasteiger partial charge in [-0.15, -0.1) is 11.8 Å². The minimum Gasteiger partial charge on any atom is -0.275 e. The normalized spacial score (nSPS) is 11.2. The summed E-state index contributed by atoms with van der Waals surface area (Å²) in [6.45, 7) is 0. The molecule has 8 heteroatoms. The van der Waals surface area contributed by atoms with Crippen molar-refractivity contribution in [2.24, 2.45) is 0 Å². The van der Waals surface area contributed by atoms with E-state index in [1.54, 1.807) is 0 Å². The van der Waals surface area contributed by atoms with Crippen molar-refractivity contribution in [2.75, 3.05) is 0 Å². The van der Waals surface area contributed by atoms with Gasteiger partial charge in [0.05, 0.1) is 0 Å². The number of nitrogens with one attached hydrogen (secondary N) is 1. The van der Waals surface area contributed by atoms with E-state index in [9.17, 15) is 13.6 Å². The van der Waals surface area contributed by atoms with Gasteiger partial charge in [-0.3, -0.25) is 9.89 Å². The zero-order valence-corrected chi connectivity index (χ0v) is 14.8. The van der Waals surface area contributed by atoms with Gasteiger partial charge in [0.25, 0.3) is 11.3 Å². The standard InChI is InChI=1S/C19H14F2N4OS/c20-14-8-4-7-13(18(14)21)11-27-16-10-17(26)25-19(23-16)22-15(24-25)9-12-5-2-1-3-6-12/h1-8,10H,9,11H2,(H,22,23,24). The van der Waals surface area contributed by atoms with Crippen LogP contribution in [0.15, 0.2) is 64.4 Å². The number of hydrogen-bond acceptors (Lipinski definition) is 4. The molecule has 0 aliphatic carbocycles. The van der Waals surface area contributed by atoms with Crippen molar-refractivity contribution >= 4 is 17.5 Å². The van der Waals surface area contributed by atoms with Crippen molar-refractivity contribution in [3.63, 3.8) is 0 Å². The topological polar surface area (TPSA) is 63.0 Å². The fraction of sp³-hybridized carbons (Fsp3) is 0.105. The van der Waals surface area contributed by atoms with Crippen molar-refractivity contribution in [1.29, 1.82) is 0 Å². The predicted octanol–water partition coefficient (Wildman–Crippen LogP) is 3.58. The molecular weight excluding hydrogens is 370 g/mol. The molecular formula is C19H14F2N4OS. The smallest absolute Gasteiger partial charge is 0.275 e. The molecule has 27 heavy (non-hydrogen) atoms. The molecule has 0 bridgehead atoms. The number of rotatable bonds is 5. The number of H-pyrrole nitrogens is 1. The molecule has 0 unspecified atom stereocenters. The van der Waals surface area contributed by atoms with Crippen LogP contribution in [0.2, 0.25) is 0 Å². The van der Waals surface area contributed by atoms with Crippen LogP contribution in [0.4, 0.5) is 8.78 Å². The number of fused-ring (bicyclic) bond motifs is 1. The van der Waals surface area contributed by atoms with Gasteiger partial charge in [-0.1, -0.05) is 42.5 Å². The number of thioether (sulfide) groups is 1. The van der Waals surface area contributed by atoms with Gasteiger partial charge >= 0.3 is 0 Å². The fourth-order valence-electron chi connectivity index (χ4n) is 2.66. The van der Waals surface area contributed by atoms with Gasteiger partial charge in [0.15, 0.2) is 11.6 Å². The van der Waals surface area contributed by atoms with Gasteiger partial charge in [0, 0.05) is 23.8 Å². The lowest BCUT2D eigenvalue weighted by Crippen LogP contribution is -2.14. The zero-order valence-electron chi connectivity index (χ0n) is 14.0. The number of nitrogens with zero attached hydrogens (tertiary/aromatic N) is 3. The third kappa shape index (κ3) is 3.75. The monoisotopic (exact) mass is 384 g/mol. The number of aromatic nitrogens is 4. The third-order valence-electron chi connectivity index (χ3n) is 3.97. The summed E-state index contributed by atoms with van der Waals surface area (Å²) < 4.78 is 28.3. The SMILES string of the molecule is O=c1cc(SCc2cccc(F)c2F)nc2nc(Cc3ccccc3)[nH]n12. The Morgan fingerprint density at radius 3 is 2.67 bits per heavy atom. The highest BCUT2D eigenvalue weighted by atomic mass is 32.2. The quantitative estimate of drug-likeness (QED) is 0.422. The molecule has 136 valence electrons. The van der Waals surface area contributed by atoms with E-state index < -0.39 is 11.6 Å². The first kappa shape index (κ1) is 17.4. The van der Waals surface area contributed by atoms with Crippen molar-refractivity contribution in [1.82, 2.24) is 19.6 Å². The molecule has 2 heterocycles. The van der Waals surface area contributed by atoms with Gasteiger partial charge in [-0.25, -0.2) is 13.8 Å². The largest absolute Gasteiger partial charge is 0.275 e. The minimum absolute atomic E-state index is 0.160. The molecule has 0 saturated carbocycles. The lowest BCUT2D eigenvalue weighted by atomic mass is 10.1. The average molecular weight is 384 g/mol.